The highest BCUT2D eigenvalue weighted by Crippen LogP contribution is 2.26. The van der Waals surface area contributed by atoms with E-state index in [1.165, 1.54) is 0 Å². The molecule has 0 radical (unpaired) electrons. The molecule has 0 aliphatic carbocycles. The fourth-order valence-corrected chi connectivity index (χ4v) is 2.48. The molecule has 19 heavy (non-hydrogen) atoms. The lowest BCUT2D eigenvalue weighted by molar-refractivity contribution is 0.582. The van der Waals surface area contributed by atoms with Crippen LogP contribution in [-0.2, 0) is 6.54 Å². The van der Waals surface area contributed by atoms with Crippen LogP contribution in [0, 0.1) is 0 Å². The Hall–Kier alpha value is -0.800. The van der Waals surface area contributed by atoms with Crippen molar-refractivity contribution >= 4 is 17.4 Å². The molecule has 0 amide bonds. The van der Waals surface area contributed by atoms with Crippen LogP contribution in [0.4, 0.5) is 5.82 Å². The van der Waals surface area contributed by atoms with E-state index < -0.39 is 0 Å². The number of nitrogens with one attached hydrogen (secondary N) is 1. The Labute approximate surface area is 122 Å². The minimum atomic E-state index is 0.464. The summed E-state index contributed by atoms with van der Waals surface area (Å²) in [5.74, 6) is 0.878. The average molecular weight is 284 g/mol. The highest BCUT2D eigenvalue weighted by Gasteiger charge is 2.15. The van der Waals surface area contributed by atoms with Gasteiger partial charge < -0.3 is 10.2 Å². The maximum atomic E-state index is 6.37. The summed E-state index contributed by atoms with van der Waals surface area (Å²) in [5, 5.41) is 4.10. The summed E-state index contributed by atoms with van der Waals surface area (Å²) >= 11 is 6.37. The molecule has 0 aliphatic rings. The third-order valence-corrected chi connectivity index (χ3v) is 3.70. The van der Waals surface area contributed by atoms with Gasteiger partial charge in [-0.3, -0.25) is 0 Å². The normalized spacial score (nSPS) is 11.4. The largest absolute Gasteiger partial charge is 0.355 e. The Balaban J connectivity index is 2.81. The van der Waals surface area contributed by atoms with Crippen LogP contribution in [0.1, 0.15) is 46.1 Å². The molecule has 0 aromatic carbocycles. The van der Waals surface area contributed by atoms with Gasteiger partial charge in [-0.05, 0) is 24.5 Å². The summed E-state index contributed by atoms with van der Waals surface area (Å²) in [5.41, 5.74) is 1.13. The van der Waals surface area contributed by atoms with E-state index in [4.69, 9.17) is 11.6 Å². The number of pyridine rings is 1. The first-order valence-electron chi connectivity index (χ1n) is 7.10. The smallest absolute Gasteiger partial charge is 0.147 e. The number of anilines is 1. The maximum absolute atomic E-state index is 6.37. The number of rotatable bonds is 7. The third kappa shape index (κ3) is 4.66. The van der Waals surface area contributed by atoms with Crippen molar-refractivity contribution in [3.63, 3.8) is 0 Å². The highest BCUT2D eigenvalue weighted by molar-refractivity contribution is 6.33. The van der Waals surface area contributed by atoms with Gasteiger partial charge in [0.15, 0.2) is 0 Å². The van der Waals surface area contributed by atoms with E-state index in [0.29, 0.717) is 12.1 Å². The van der Waals surface area contributed by atoms with E-state index in [-0.39, 0.29) is 0 Å². The van der Waals surface area contributed by atoms with E-state index in [1.807, 2.05) is 12.3 Å². The van der Waals surface area contributed by atoms with Crippen molar-refractivity contribution in [1.82, 2.24) is 10.3 Å². The zero-order chi connectivity index (χ0) is 14.4. The highest BCUT2D eigenvalue weighted by atomic mass is 35.5. The lowest BCUT2D eigenvalue weighted by atomic mass is 10.1. The topological polar surface area (TPSA) is 28.2 Å². The number of hydrogen-bond donors (Lipinski definition) is 1. The van der Waals surface area contributed by atoms with Gasteiger partial charge in [0.25, 0.3) is 0 Å². The molecule has 1 aromatic rings. The Bertz CT molecular complexity index is 389. The first kappa shape index (κ1) is 16.3. The molecule has 0 saturated heterocycles. The first-order chi connectivity index (χ1) is 8.99. The number of nitrogens with zero attached hydrogens (tertiary/aromatic N) is 2. The van der Waals surface area contributed by atoms with Gasteiger partial charge >= 0.3 is 0 Å². The Morgan fingerprint density at radius 1 is 1.32 bits per heavy atom. The molecule has 1 heterocycles. The maximum Gasteiger partial charge on any atom is 0.147 e. The van der Waals surface area contributed by atoms with Crippen LogP contribution in [0.15, 0.2) is 12.3 Å². The van der Waals surface area contributed by atoms with Crippen LogP contribution < -0.4 is 10.2 Å². The molecule has 108 valence electrons. The summed E-state index contributed by atoms with van der Waals surface area (Å²) in [6, 6.07) is 2.97. The summed E-state index contributed by atoms with van der Waals surface area (Å²) in [7, 11) is 2.07. The molecule has 0 aliphatic heterocycles. The second-order valence-electron chi connectivity index (χ2n) is 5.27. The number of aromatic nitrogens is 1. The minimum absolute atomic E-state index is 0.464. The Morgan fingerprint density at radius 2 is 1.95 bits per heavy atom. The summed E-state index contributed by atoms with van der Waals surface area (Å²) in [4.78, 5) is 6.71. The predicted octanol–water partition coefficient (Wildman–Crippen LogP) is 3.86. The SMILES string of the molecule is CCC(CC)N(C)c1ncc(CNC(C)C)cc1Cl. The quantitative estimate of drug-likeness (QED) is 0.824. The molecule has 1 aromatic heterocycles. The molecule has 0 bridgehead atoms. The lowest BCUT2D eigenvalue weighted by Gasteiger charge is -2.28. The number of hydrogen-bond acceptors (Lipinski definition) is 3. The van der Waals surface area contributed by atoms with Crippen LogP contribution in [0.3, 0.4) is 0 Å². The molecule has 4 heteroatoms. The van der Waals surface area contributed by atoms with Crippen molar-refractivity contribution in [2.45, 2.75) is 59.2 Å². The van der Waals surface area contributed by atoms with Gasteiger partial charge in [-0.1, -0.05) is 39.3 Å². The molecule has 0 saturated carbocycles. The van der Waals surface area contributed by atoms with E-state index in [1.54, 1.807) is 0 Å². The van der Waals surface area contributed by atoms with Crippen molar-refractivity contribution in [3.05, 3.63) is 22.8 Å². The van der Waals surface area contributed by atoms with Crippen LogP contribution >= 0.6 is 11.6 Å². The van der Waals surface area contributed by atoms with Crippen molar-refractivity contribution < 1.29 is 0 Å². The second-order valence-corrected chi connectivity index (χ2v) is 5.67. The number of halogens is 1. The van der Waals surface area contributed by atoms with E-state index in [0.717, 1.165) is 35.8 Å². The molecule has 0 spiro atoms. The average Bonchev–Trinajstić information content (AvgIpc) is 2.37. The molecule has 0 unspecified atom stereocenters. The van der Waals surface area contributed by atoms with Crippen molar-refractivity contribution in [2.24, 2.45) is 0 Å². The molecule has 1 N–H and O–H groups in total. The summed E-state index contributed by atoms with van der Waals surface area (Å²) < 4.78 is 0. The van der Waals surface area contributed by atoms with Crippen LogP contribution in [0.5, 0.6) is 0 Å². The van der Waals surface area contributed by atoms with Crippen LogP contribution in [0.25, 0.3) is 0 Å². The second kappa shape index (κ2) is 7.71. The van der Waals surface area contributed by atoms with Crippen molar-refractivity contribution in [3.8, 4) is 0 Å². The fourth-order valence-electron chi connectivity index (χ4n) is 2.16. The van der Waals surface area contributed by atoms with Gasteiger partial charge in [0, 0.05) is 31.9 Å². The van der Waals surface area contributed by atoms with Crippen molar-refractivity contribution in [1.29, 1.82) is 0 Å². The van der Waals surface area contributed by atoms with Gasteiger partial charge in [-0.2, -0.15) is 0 Å². The molecule has 3 nitrogen and oxygen atoms in total. The van der Waals surface area contributed by atoms with E-state index in [9.17, 15) is 0 Å². The predicted molar refractivity (Wildman–Crippen MR) is 84.0 cm³/mol. The lowest BCUT2D eigenvalue weighted by Crippen LogP contribution is -2.31. The Morgan fingerprint density at radius 3 is 2.42 bits per heavy atom. The van der Waals surface area contributed by atoms with E-state index >= 15 is 0 Å². The molecule has 0 atom stereocenters. The fraction of sp³-hybridized carbons (Fsp3) is 0.667. The van der Waals surface area contributed by atoms with Crippen molar-refractivity contribution in [2.75, 3.05) is 11.9 Å². The third-order valence-electron chi connectivity index (χ3n) is 3.42. The van der Waals surface area contributed by atoms with E-state index in [2.05, 4.69) is 49.9 Å². The zero-order valence-electron chi connectivity index (χ0n) is 12.7. The van der Waals surface area contributed by atoms with Gasteiger partial charge in [-0.15, -0.1) is 0 Å². The van der Waals surface area contributed by atoms with Crippen LogP contribution in [0.2, 0.25) is 5.02 Å². The molecular weight excluding hydrogens is 258 g/mol. The van der Waals surface area contributed by atoms with Gasteiger partial charge in [-0.25, -0.2) is 4.98 Å². The molecule has 0 fully saturated rings. The minimum Gasteiger partial charge on any atom is -0.355 e. The standard InChI is InChI=1S/C15H26ClN3/c1-6-13(7-2)19(5)15-14(16)8-12(10-18-15)9-17-11(3)4/h8,10-11,13,17H,6-7,9H2,1-5H3. The van der Waals surface area contributed by atoms with Crippen LogP contribution in [-0.4, -0.2) is 24.1 Å². The first-order valence-corrected chi connectivity index (χ1v) is 7.47. The van der Waals surface area contributed by atoms with Gasteiger partial charge in [0.1, 0.15) is 5.82 Å². The zero-order valence-corrected chi connectivity index (χ0v) is 13.5. The van der Waals surface area contributed by atoms with Gasteiger partial charge in [0.2, 0.25) is 0 Å². The molecular formula is C15H26ClN3. The molecule has 1 rings (SSSR count). The monoisotopic (exact) mass is 283 g/mol. The van der Waals surface area contributed by atoms with Gasteiger partial charge in [0.05, 0.1) is 5.02 Å². The summed E-state index contributed by atoms with van der Waals surface area (Å²) in [6.07, 6.45) is 4.11. The summed E-state index contributed by atoms with van der Waals surface area (Å²) in [6.45, 7) is 9.45. The Kier molecular flexibility index (Phi) is 6.59.